The third kappa shape index (κ3) is 25.2. The minimum atomic E-state index is -0.789. The molecule has 46 heavy (non-hydrogen) atoms. The largest absolute Gasteiger partial charge is 0.378 e. The van der Waals surface area contributed by atoms with E-state index < -0.39 is 6.23 Å². The lowest BCUT2D eigenvalue weighted by molar-refractivity contribution is 0.147. The van der Waals surface area contributed by atoms with E-state index in [9.17, 15) is 5.11 Å². The van der Waals surface area contributed by atoms with E-state index in [4.69, 9.17) is 5.73 Å². The Labute approximate surface area is 289 Å². The lowest BCUT2D eigenvalue weighted by Crippen LogP contribution is -2.28. The average Bonchev–Trinajstić information content (AvgIpc) is 3.05. The van der Waals surface area contributed by atoms with Gasteiger partial charge in [0.25, 0.3) is 0 Å². The molecule has 3 nitrogen and oxygen atoms in total. The number of hydrogen-bond acceptors (Lipinski definition) is 3. The highest BCUT2D eigenvalue weighted by Crippen LogP contribution is 2.23. The molecule has 0 fully saturated rings. The normalized spacial score (nSPS) is 13.1. The molecule has 270 valence electrons. The molecule has 1 aromatic rings. The maximum absolute atomic E-state index is 10.1. The standard InChI is InChI=1S/C43H82N2O/c1-4-7-9-11-13-15-17-19-21-23-25-27-29-31-36-45(39-40-34-33-35-41(38-40)42(6-3)43(44)46)37-32-30-28-26-24-22-20-18-16-14-12-10-8-5-2/h33-35,38,42-43,46H,4-32,36-37,39,44H2,1-3H3. The van der Waals surface area contributed by atoms with E-state index in [1.165, 1.54) is 204 Å². The van der Waals surface area contributed by atoms with Crippen molar-refractivity contribution in [3.63, 3.8) is 0 Å². The molecule has 0 amide bonds. The Morgan fingerprint density at radius 3 is 1.20 bits per heavy atom. The third-order valence-electron chi connectivity index (χ3n) is 10.3. The summed E-state index contributed by atoms with van der Waals surface area (Å²) in [7, 11) is 0. The zero-order valence-electron chi connectivity index (χ0n) is 31.6. The van der Waals surface area contributed by atoms with Crippen LogP contribution in [-0.4, -0.2) is 29.3 Å². The number of nitrogens with zero attached hydrogens (tertiary/aromatic N) is 1. The Morgan fingerprint density at radius 1 is 0.522 bits per heavy atom. The van der Waals surface area contributed by atoms with Gasteiger partial charge in [0, 0.05) is 12.5 Å². The zero-order chi connectivity index (χ0) is 33.3. The molecule has 0 aliphatic heterocycles. The minimum Gasteiger partial charge on any atom is -0.378 e. The van der Waals surface area contributed by atoms with Crippen molar-refractivity contribution in [1.29, 1.82) is 0 Å². The highest BCUT2D eigenvalue weighted by Gasteiger charge is 2.16. The molecule has 3 N–H and O–H groups in total. The van der Waals surface area contributed by atoms with Gasteiger partial charge in [-0.05, 0) is 43.5 Å². The first-order valence-corrected chi connectivity index (χ1v) is 20.9. The van der Waals surface area contributed by atoms with E-state index in [0.717, 1.165) is 13.0 Å². The maximum atomic E-state index is 10.1. The number of aliphatic hydroxyl groups is 1. The molecule has 0 aliphatic rings. The van der Waals surface area contributed by atoms with E-state index in [2.05, 4.69) is 49.9 Å². The van der Waals surface area contributed by atoms with Gasteiger partial charge in [-0.2, -0.15) is 0 Å². The van der Waals surface area contributed by atoms with Gasteiger partial charge in [0.05, 0.1) is 0 Å². The Kier molecular flexibility index (Phi) is 30.6. The van der Waals surface area contributed by atoms with Gasteiger partial charge in [0.2, 0.25) is 0 Å². The van der Waals surface area contributed by atoms with Crippen LogP contribution in [0.3, 0.4) is 0 Å². The van der Waals surface area contributed by atoms with Crippen LogP contribution in [0.4, 0.5) is 0 Å². The Morgan fingerprint density at radius 2 is 0.870 bits per heavy atom. The smallest absolute Gasteiger partial charge is 0.109 e. The van der Waals surface area contributed by atoms with Gasteiger partial charge >= 0.3 is 0 Å². The second kappa shape index (κ2) is 32.6. The first-order valence-electron chi connectivity index (χ1n) is 20.9. The van der Waals surface area contributed by atoms with Crippen LogP contribution in [0.15, 0.2) is 24.3 Å². The molecule has 1 rings (SSSR count). The lowest BCUT2D eigenvalue weighted by atomic mass is 9.93. The van der Waals surface area contributed by atoms with Gasteiger partial charge in [0.1, 0.15) is 6.23 Å². The van der Waals surface area contributed by atoms with Crippen LogP contribution >= 0.6 is 0 Å². The van der Waals surface area contributed by atoms with E-state index in [-0.39, 0.29) is 5.92 Å². The van der Waals surface area contributed by atoms with Crippen molar-refractivity contribution < 1.29 is 5.11 Å². The first kappa shape index (κ1) is 43.1. The van der Waals surface area contributed by atoms with Crippen molar-refractivity contribution in [3.8, 4) is 0 Å². The number of hydrogen-bond donors (Lipinski definition) is 2. The van der Waals surface area contributed by atoms with E-state index in [0.29, 0.717) is 0 Å². The molecule has 0 aliphatic carbocycles. The molecule has 0 spiro atoms. The highest BCUT2D eigenvalue weighted by atomic mass is 16.3. The molecule has 0 saturated carbocycles. The van der Waals surface area contributed by atoms with Crippen LogP contribution in [0.25, 0.3) is 0 Å². The SMILES string of the molecule is CCCCCCCCCCCCCCCCN(CCCCCCCCCCCCCCCC)Cc1cccc(C(CC)C(N)O)c1. The second-order valence-electron chi connectivity index (χ2n) is 14.7. The quantitative estimate of drug-likeness (QED) is 0.0572. The summed E-state index contributed by atoms with van der Waals surface area (Å²) in [6.07, 6.45) is 39.7. The fourth-order valence-electron chi connectivity index (χ4n) is 7.18. The monoisotopic (exact) mass is 643 g/mol. The molecule has 0 radical (unpaired) electrons. The Balaban J connectivity index is 2.30. The van der Waals surface area contributed by atoms with Crippen LogP contribution in [-0.2, 0) is 6.54 Å². The van der Waals surface area contributed by atoms with Crippen molar-refractivity contribution >= 4 is 0 Å². The van der Waals surface area contributed by atoms with Crippen LogP contribution in [0.1, 0.15) is 224 Å². The Bertz CT molecular complexity index is 718. The summed E-state index contributed by atoms with van der Waals surface area (Å²) in [5, 5.41) is 10.1. The van der Waals surface area contributed by atoms with E-state index in [1.807, 2.05) is 0 Å². The summed E-state index contributed by atoms with van der Waals surface area (Å²) in [4.78, 5) is 2.71. The van der Waals surface area contributed by atoms with Crippen molar-refractivity contribution in [2.24, 2.45) is 5.73 Å². The van der Waals surface area contributed by atoms with Gasteiger partial charge in [-0.3, -0.25) is 4.90 Å². The van der Waals surface area contributed by atoms with E-state index >= 15 is 0 Å². The van der Waals surface area contributed by atoms with Crippen molar-refractivity contribution in [2.75, 3.05) is 13.1 Å². The summed E-state index contributed by atoms with van der Waals surface area (Å²) in [6.45, 7) is 10.1. The number of benzene rings is 1. The average molecular weight is 643 g/mol. The number of unbranched alkanes of at least 4 members (excludes halogenated alkanes) is 26. The Hall–Kier alpha value is -0.900. The number of aliphatic hydroxyl groups excluding tert-OH is 1. The van der Waals surface area contributed by atoms with Crippen molar-refractivity contribution in [3.05, 3.63) is 35.4 Å². The molecule has 2 unspecified atom stereocenters. The predicted molar refractivity (Wildman–Crippen MR) is 206 cm³/mol. The second-order valence-corrected chi connectivity index (χ2v) is 14.7. The van der Waals surface area contributed by atoms with Crippen LogP contribution in [0.2, 0.25) is 0 Å². The summed E-state index contributed by atoms with van der Waals surface area (Å²) >= 11 is 0. The molecular weight excluding hydrogens is 560 g/mol. The van der Waals surface area contributed by atoms with Crippen molar-refractivity contribution in [1.82, 2.24) is 4.90 Å². The molecular formula is C43H82N2O. The van der Waals surface area contributed by atoms with Crippen LogP contribution < -0.4 is 5.73 Å². The summed E-state index contributed by atoms with van der Waals surface area (Å²) in [5.41, 5.74) is 8.46. The number of rotatable bonds is 35. The first-order chi connectivity index (χ1) is 22.6. The fourth-order valence-corrected chi connectivity index (χ4v) is 7.18. The number of nitrogens with two attached hydrogens (primary N) is 1. The lowest BCUT2D eigenvalue weighted by Gasteiger charge is -2.24. The third-order valence-corrected chi connectivity index (χ3v) is 10.3. The van der Waals surface area contributed by atoms with Gasteiger partial charge in [0.15, 0.2) is 0 Å². The molecule has 1 aromatic carbocycles. The maximum Gasteiger partial charge on any atom is 0.109 e. The van der Waals surface area contributed by atoms with Gasteiger partial charge < -0.3 is 10.8 Å². The summed E-state index contributed by atoms with van der Waals surface area (Å²) in [6, 6.07) is 8.86. The molecule has 0 heterocycles. The van der Waals surface area contributed by atoms with Gasteiger partial charge in [-0.25, -0.2) is 0 Å². The molecule has 3 heteroatoms. The topological polar surface area (TPSA) is 49.5 Å². The molecule has 0 bridgehead atoms. The minimum absolute atomic E-state index is 0.0185. The van der Waals surface area contributed by atoms with Gasteiger partial charge in [-0.15, -0.1) is 0 Å². The molecule has 0 aromatic heterocycles. The summed E-state index contributed by atoms with van der Waals surface area (Å²) < 4.78 is 0. The molecule has 0 saturated heterocycles. The van der Waals surface area contributed by atoms with Crippen LogP contribution in [0, 0.1) is 0 Å². The van der Waals surface area contributed by atoms with Crippen molar-refractivity contribution in [2.45, 2.75) is 226 Å². The summed E-state index contributed by atoms with van der Waals surface area (Å²) in [5.74, 6) is 0.0185. The van der Waals surface area contributed by atoms with Gasteiger partial charge in [-0.1, -0.05) is 212 Å². The zero-order valence-corrected chi connectivity index (χ0v) is 31.6. The highest BCUT2D eigenvalue weighted by molar-refractivity contribution is 5.27. The predicted octanol–water partition coefficient (Wildman–Crippen LogP) is 13.2. The fraction of sp³-hybridized carbons (Fsp3) is 0.860. The van der Waals surface area contributed by atoms with Crippen LogP contribution in [0.5, 0.6) is 0 Å². The molecule has 2 atom stereocenters. The van der Waals surface area contributed by atoms with E-state index in [1.54, 1.807) is 0 Å².